The Bertz CT molecular complexity index is 515. The van der Waals surface area contributed by atoms with Crippen LogP contribution < -0.4 is 0 Å². The van der Waals surface area contributed by atoms with Crippen molar-refractivity contribution in [2.75, 3.05) is 18.3 Å². The molecule has 2 heteroatoms. The van der Waals surface area contributed by atoms with Crippen LogP contribution in [0.15, 0.2) is 54.6 Å². The molecule has 2 aromatic rings. The second-order valence-corrected chi connectivity index (χ2v) is 6.76. The molecule has 2 rings (SSSR count). The molecule has 0 aromatic heterocycles. The normalized spacial score (nSPS) is 10.6. The Labute approximate surface area is 111 Å². The van der Waals surface area contributed by atoms with Crippen molar-refractivity contribution in [3.05, 3.63) is 60.2 Å². The number of Topliss-reactive ketones (excluding diaryl/α,β-unsaturated/α-hetero) is 1. The van der Waals surface area contributed by atoms with Crippen LogP contribution in [0.2, 0.25) is 0 Å². The first-order chi connectivity index (χ1) is 8.66. The fraction of sp³-hybridized carbons (Fsp3) is 0.188. The zero-order valence-corrected chi connectivity index (χ0v) is 11.5. The Morgan fingerprint density at radius 3 is 2.00 bits per heavy atom. The summed E-state index contributed by atoms with van der Waals surface area (Å²) in [6.07, 6.45) is 4.19. The number of carbonyl (C=O) groups excluding carboxylic acids is 1. The predicted molar refractivity (Wildman–Crippen MR) is 80.3 cm³/mol. The molecule has 0 saturated heterocycles. The van der Waals surface area contributed by atoms with E-state index < -0.39 is 0 Å². The third-order valence-corrected chi connectivity index (χ3v) is 3.57. The van der Waals surface area contributed by atoms with Crippen LogP contribution in [0.3, 0.4) is 0 Å². The molecule has 1 nitrogen and oxygen atoms in total. The van der Waals surface area contributed by atoms with Crippen LogP contribution in [0.4, 0.5) is 0 Å². The van der Waals surface area contributed by atoms with Crippen LogP contribution in [0.25, 0.3) is 11.1 Å². The zero-order valence-electron chi connectivity index (χ0n) is 10.7. The Morgan fingerprint density at radius 1 is 0.889 bits per heavy atom. The molecule has 0 radical (unpaired) electrons. The van der Waals surface area contributed by atoms with Gasteiger partial charge in [0.25, 0.3) is 0 Å². The average molecular weight is 257 g/mol. The number of rotatable bonds is 4. The predicted octanol–water partition coefficient (Wildman–Crippen LogP) is 3.41. The maximum Gasteiger partial charge on any atom is 0.211 e. The van der Waals surface area contributed by atoms with E-state index in [0.29, 0.717) is 5.75 Å². The highest BCUT2D eigenvalue weighted by molar-refractivity contribution is 7.96. The molecular formula is C16H17OS+. The molecule has 0 bridgehead atoms. The smallest absolute Gasteiger partial charge is 0.211 e. The second-order valence-electron chi connectivity index (χ2n) is 4.50. The lowest BCUT2D eigenvalue weighted by atomic mass is 10.0. The van der Waals surface area contributed by atoms with E-state index in [4.69, 9.17) is 0 Å². The molecule has 0 fully saturated rings. The van der Waals surface area contributed by atoms with Gasteiger partial charge >= 0.3 is 0 Å². The fourth-order valence-corrected chi connectivity index (χ4v) is 2.52. The maximum atomic E-state index is 11.9. The lowest BCUT2D eigenvalue weighted by molar-refractivity contribution is 0.102. The molecule has 92 valence electrons. The van der Waals surface area contributed by atoms with E-state index in [2.05, 4.69) is 24.6 Å². The third-order valence-electron chi connectivity index (χ3n) is 2.73. The maximum absolute atomic E-state index is 11.9. The van der Waals surface area contributed by atoms with Gasteiger partial charge in [-0.3, -0.25) is 4.79 Å². The summed E-state index contributed by atoms with van der Waals surface area (Å²) in [6.45, 7) is 0. The zero-order chi connectivity index (χ0) is 13.0. The highest BCUT2D eigenvalue weighted by atomic mass is 32.2. The molecule has 0 amide bonds. The van der Waals surface area contributed by atoms with Gasteiger partial charge in [-0.15, -0.1) is 0 Å². The molecule has 0 unspecified atom stereocenters. The van der Waals surface area contributed by atoms with E-state index >= 15 is 0 Å². The van der Waals surface area contributed by atoms with Gasteiger partial charge in [-0.1, -0.05) is 54.6 Å². The van der Waals surface area contributed by atoms with Gasteiger partial charge in [0.15, 0.2) is 5.75 Å². The SMILES string of the molecule is C[S+](C)CC(=O)c1ccc(-c2ccccc2)cc1. The van der Waals surface area contributed by atoms with E-state index in [0.717, 1.165) is 11.1 Å². The van der Waals surface area contributed by atoms with Crippen LogP contribution in [-0.2, 0) is 10.9 Å². The van der Waals surface area contributed by atoms with Crippen molar-refractivity contribution < 1.29 is 4.79 Å². The number of benzene rings is 2. The largest absolute Gasteiger partial charge is 0.289 e. The van der Waals surface area contributed by atoms with E-state index in [-0.39, 0.29) is 16.7 Å². The van der Waals surface area contributed by atoms with E-state index in [1.54, 1.807) is 0 Å². The summed E-state index contributed by atoms with van der Waals surface area (Å²) in [5, 5.41) is 0. The van der Waals surface area contributed by atoms with Crippen LogP contribution in [0.1, 0.15) is 10.4 Å². The van der Waals surface area contributed by atoms with Crippen LogP contribution in [-0.4, -0.2) is 24.0 Å². The van der Waals surface area contributed by atoms with Gasteiger partial charge in [-0.25, -0.2) is 0 Å². The minimum absolute atomic E-state index is 0.163. The summed E-state index contributed by atoms with van der Waals surface area (Å²) in [4.78, 5) is 11.9. The third kappa shape index (κ3) is 3.23. The lowest BCUT2D eigenvalue weighted by Crippen LogP contribution is -2.13. The molecule has 0 N–H and O–H groups in total. The van der Waals surface area contributed by atoms with Crippen molar-refractivity contribution in [1.29, 1.82) is 0 Å². The van der Waals surface area contributed by atoms with Crippen molar-refractivity contribution in [1.82, 2.24) is 0 Å². The molecule has 0 aliphatic heterocycles. The van der Waals surface area contributed by atoms with E-state index in [9.17, 15) is 4.79 Å². The minimum Gasteiger partial charge on any atom is -0.289 e. The molecular weight excluding hydrogens is 240 g/mol. The highest BCUT2D eigenvalue weighted by Crippen LogP contribution is 2.19. The quantitative estimate of drug-likeness (QED) is 0.606. The van der Waals surface area contributed by atoms with Gasteiger partial charge < -0.3 is 0 Å². The van der Waals surface area contributed by atoms with Gasteiger partial charge in [0.1, 0.15) is 0 Å². The van der Waals surface area contributed by atoms with E-state index in [1.165, 1.54) is 5.56 Å². The van der Waals surface area contributed by atoms with Crippen LogP contribution in [0.5, 0.6) is 0 Å². The Balaban J connectivity index is 2.18. The van der Waals surface area contributed by atoms with Crippen LogP contribution >= 0.6 is 0 Å². The van der Waals surface area contributed by atoms with Gasteiger partial charge in [-0.05, 0) is 22.0 Å². The second kappa shape index (κ2) is 5.87. The summed E-state index contributed by atoms with van der Waals surface area (Å²) in [7, 11) is 0.163. The summed E-state index contributed by atoms with van der Waals surface area (Å²) in [5.74, 6) is 0.882. The van der Waals surface area contributed by atoms with Crippen molar-refractivity contribution in [3.63, 3.8) is 0 Å². The fourth-order valence-electron chi connectivity index (χ4n) is 1.82. The first kappa shape index (κ1) is 12.9. The molecule has 0 saturated carbocycles. The van der Waals surface area contributed by atoms with Gasteiger partial charge in [0.2, 0.25) is 5.78 Å². The Morgan fingerprint density at radius 2 is 1.44 bits per heavy atom. The summed E-state index contributed by atoms with van der Waals surface area (Å²) < 4.78 is 0. The molecule has 2 aromatic carbocycles. The molecule has 0 atom stereocenters. The number of hydrogen-bond acceptors (Lipinski definition) is 1. The molecule has 0 heterocycles. The molecule has 18 heavy (non-hydrogen) atoms. The molecule has 0 aliphatic rings. The number of hydrogen-bond donors (Lipinski definition) is 0. The Hall–Kier alpha value is -1.54. The minimum atomic E-state index is 0.163. The summed E-state index contributed by atoms with van der Waals surface area (Å²) in [6, 6.07) is 18.1. The van der Waals surface area contributed by atoms with Gasteiger partial charge in [-0.2, -0.15) is 0 Å². The summed E-state index contributed by atoms with van der Waals surface area (Å²) in [5.41, 5.74) is 3.15. The Kier molecular flexibility index (Phi) is 4.21. The van der Waals surface area contributed by atoms with Gasteiger partial charge in [0.05, 0.1) is 12.5 Å². The highest BCUT2D eigenvalue weighted by Gasteiger charge is 2.13. The first-order valence-electron chi connectivity index (χ1n) is 5.89. The van der Waals surface area contributed by atoms with Crippen molar-refractivity contribution in [2.24, 2.45) is 0 Å². The molecule has 0 aliphatic carbocycles. The number of ketones is 1. The lowest BCUT2D eigenvalue weighted by Gasteiger charge is -2.03. The number of carbonyl (C=O) groups is 1. The van der Waals surface area contributed by atoms with Crippen molar-refractivity contribution in [2.45, 2.75) is 0 Å². The average Bonchev–Trinajstić information content (AvgIpc) is 2.39. The van der Waals surface area contributed by atoms with Crippen LogP contribution in [0, 0.1) is 0 Å². The van der Waals surface area contributed by atoms with Gasteiger partial charge in [0, 0.05) is 5.56 Å². The van der Waals surface area contributed by atoms with Crippen molar-refractivity contribution >= 4 is 16.7 Å². The van der Waals surface area contributed by atoms with E-state index in [1.807, 2.05) is 42.5 Å². The monoisotopic (exact) mass is 257 g/mol. The standard InChI is InChI=1S/C16H17OS/c1-18(2)12-16(17)15-10-8-14(9-11-15)13-6-4-3-5-7-13/h3-11H,12H2,1-2H3/q+1. The molecule has 0 spiro atoms. The first-order valence-corrected chi connectivity index (χ1v) is 8.11. The van der Waals surface area contributed by atoms with Crippen molar-refractivity contribution in [3.8, 4) is 11.1 Å². The topological polar surface area (TPSA) is 17.1 Å². The summed E-state index contributed by atoms with van der Waals surface area (Å²) >= 11 is 0.